The minimum atomic E-state index is -0.363. The van der Waals surface area contributed by atoms with Crippen molar-refractivity contribution in [1.82, 2.24) is 10.2 Å². The molecule has 1 aromatic rings. The molecular weight excluding hydrogens is 259 g/mol. The number of halogens is 1. The maximum atomic E-state index is 13.0. The first-order valence-corrected chi connectivity index (χ1v) is 6.93. The van der Waals surface area contributed by atoms with Crippen LogP contribution in [0.1, 0.15) is 12.8 Å². The van der Waals surface area contributed by atoms with Crippen LogP contribution in [0.15, 0.2) is 24.3 Å². The number of piperidine rings is 1. The van der Waals surface area contributed by atoms with Gasteiger partial charge < -0.3 is 21.3 Å². The Morgan fingerprint density at radius 3 is 2.80 bits per heavy atom. The highest BCUT2D eigenvalue weighted by atomic mass is 19.1. The number of rotatable bonds is 4. The molecule has 1 aliphatic heterocycles. The molecule has 4 N–H and O–H groups in total. The van der Waals surface area contributed by atoms with E-state index in [0.717, 1.165) is 32.5 Å². The van der Waals surface area contributed by atoms with Gasteiger partial charge in [0, 0.05) is 37.9 Å². The Kier molecular flexibility index (Phi) is 5.31. The van der Waals surface area contributed by atoms with E-state index in [0.29, 0.717) is 12.2 Å². The van der Waals surface area contributed by atoms with E-state index in [1.165, 1.54) is 12.1 Å². The zero-order chi connectivity index (χ0) is 14.4. The van der Waals surface area contributed by atoms with Crippen molar-refractivity contribution in [2.24, 2.45) is 5.73 Å². The summed E-state index contributed by atoms with van der Waals surface area (Å²) in [5.41, 5.74) is 5.98. The number of carbonyl (C=O) groups is 1. The standard InChI is InChI=1S/C14H21FN4O/c15-11-2-1-3-13(10-11)18-14(20)17-12-4-7-19(8-5-12)9-6-16/h1-3,10,12H,4-9,16H2,(H2,17,18,20). The first-order chi connectivity index (χ1) is 9.67. The van der Waals surface area contributed by atoms with E-state index in [-0.39, 0.29) is 17.9 Å². The smallest absolute Gasteiger partial charge is 0.319 e. The van der Waals surface area contributed by atoms with Gasteiger partial charge in [0.05, 0.1) is 0 Å². The molecule has 2 amide bonds. The van der Waals surface area contributed by atoms with E-state index in [1.807, 2.05) is 0 Å². The average molecular weight is 280 g/mol. The second kappa shape index (κ2) is 7.21. The number of nitrogens with zero attached hydrogens (tertiary/aromatic N) is 1. The van der Waals surface area contributed by atoms with Crippen molar-refractivity contribution in [3.05, 3.63) is 30.1 Å². The molecular formula is C14H21FN4O. The highest BCUT2D eigenvalue weighted by Crippen LogP contribution is 2.11. The number of nitrogens with one attached hydrogen (secondary N) is 2. The lowest BCUT2D eigenvalue weighted by Gasteiger charge is -2.31. The Labute approximate surface area is 118 Å². The molecule has 2 rings (SSSR count). The number of anilines is 1. The van der Waals surface area contributed by atoms with Gasteiger partial charge in [-0.05, 0) is 31.0 Å². The maximum absolute atomic E-state index is 13.0. The minimum absolute atomic E-state index is 0.164. The summed E-state index contributed by atoms with van der Waals surface area (Å²) in [5.74, 6) is -0.363. The third-order valence-corrected chi connectivity index (χ3v) is 3.45. The second-order valence-electron chi connectivity index (χ2n) is 5.01. The number of hydrogen-bond acceptors (Lipinski definition) is 3. The van der Waals surface area contributed by atoms with Crippen molar-refractivity contribution in [3.8, 4) is 0 Å². The van der Waals surface area contributed by atoms with Crippen molar-refractivity contribution in [2.45, 2.75) is 18.9 Å². The van der Waals surface area contributed by atoms with Gasteiger partial charge in [-0.15, -0.1) is 0 Å². The van der Waals surface area contributed by atoms with Crippen LogP contribution in [-0.4, -0.2) is 43.2 Å². The van der Waals surface area contributed by atoms with Crippen LogP contribution in [0.5, 0.6) is 0 Å². The molecule has 5 nitrogen and oxygen atoms in total. The largest absolute Gasteiger partial charge is 0.335 e. The lowest BCUT2D eigenvalue weighted by Crippen LogP contribution is -2.46. The van der Waals surface area contributed by atoms with Gasteiger partial charge in [-0.1, -0.05) is 6.07 Å². The predicted molar refractivity (Wildman–Crippen MR) is 77.1 cm³/mol. The number of nitrogens with two attached hydrogens (primary N) is 1. The van der Waals surface area contributed by atoms with Crippen LogP contribution in [0.2, 0.25) is 0 Å². The number of benzene rings is 1. The Bertz CT molecular complexity index is 447. The van der Waals surface area contributed by atoms with Crippen molar-refractivity contribution >= 4 is 11.7 Å². The summed E-state index contributed by atoms with van der Waals surface area (Å²) in [5, 5.41) is 5.56. The fourth-order valence-corrected chi connectivity index (χ4v) is 2.40. The summed E-state index contributed by atoms with van der Waals surface area (Å²) in [7, 11) is 0. The first-order valence-electron chi connectivity index (χ1n) is 6.93. The number of likely N-dealkylation sites (tertiary alicyclic amines) is 1. The van der Waals surface area contributed by atoms with Crippen LogP contribution in [0, 0.1) is 5.82 Å². The summed E-state index contributed by atoms with van der Waals surface area (Å²) in [6.45, 7) is 3.46. The average Bonchev–Trinajstić information content (AvgIpc) is 2.41. The third-order valence-electron chi connectivity index (χ3n) is 3.45. The molecule has 0 bridgehead atoms. The molecule has 1 saturated heterocycles. The van der Waals surface area contributed by atoms with E-state index >= 15 is 0 Å². The van der Waals surface area contributed by atoms with Crippen LogP contribution in [0.25, 0.3) is 0 Å². The molecule has 1 fully saturated rings. The topological polar surface area (TPSA) is 70.4 Å². The molecule has 6 heteroatoms. The van der Waals surface area contributed by atoms with Crippen molar-refractivity contribution in [3.63, 3.8) is 0 Å². The summed E-state index contributed by atoms with van der Waals surface area (Å²) in [6, 6.07) is 5.74. The van der Waals surface area contributed by atoms with Crippen molar-refractivity contribution in [2.75, 3.05) is 31.5 Å². The van der Waals surface area contributed by atoms with Gasteiger partial charge in [0.1, 0.15) is 5.82 Å². The Balaban J connectivity index is 1.75. The van der Waals surface area contributed by atoms with Crippen LogP contribution in [0.4, 0.5) is 14.9 Å². The Hall–Kier alpha value is -1.66. The van der Waals surface area contributed by atoms with Gasteiger partial charge in [-0.25, -0.2) is 9.18 Å². The Morgan fingerprint density at radius 2 is 2.15 bits per heavy atom. The van der Waals surface area contributed by atoms with Gasteiger partial charge in [0.15, 0.2) is 0 Å². The quantitative estimate of drug-likeness (QED) is 0.780. The summed E-state index contributed by atoms with van der Waals surface area (Å²) >= 11 is 0. The molecule has 110 valence electrons. The monoisotopic (exact) mass is 280 g/mol. The first kappa shape index (κ1) is 14.7. The predicted octanol–water partition coefficient (Wildman–Crippen LogP) is 1.37. The molecule has 0 aliphatic carbocycles. The molecule has 0 unspecified atom stereocenters. The van der Waals surface area contributed by atoms with E-state index in [9.17, 15) is 9.18 Å². The number of hydrogen-bond donors (Lipinski definition) is 3. The zero-order valence-electron chi connectivity index (χ0n) is 11.4. The molecule has 0 atom stereocenters. The summed E-state index contributed by atoms with van der Waals surface area (Å²) < 4.78 is 13.0. The molecule has 1 heterocycles. The number of urea groups is 1. The molecule has 20 heavy (non-hydrogen) atoms. The fraction of sp³-hybridized carbons (Fsp3) is 0.500. The van der Waals surface area contributed by atoms with Crippen LogP contribution < -0.4 is 16.4 Å². The van der Waals surface area contributed by atoms with E-state index in [1.54, 1.807) is 12.1 Å². The zero-order valence-corrected chi connectivity index (χ0v) is 11.4. The molecule has 1 aromatic carbocycles. The molecule has 0 spiro atoms. The molecule has 0 radical (unpaired) electrons. The number of carbonyl (C=O) groups excluding carboxylic acids is 1. The highest BCUT2D eigenvalue weighted by Gasteiger charge is 2.20. The van der Waals surface area contributed by atoms with Crippen molar-refractivity contribution < 1.29 is 9.18 Å². The lowest BCUT2D eigenvalue weighted by molar-refractivity contribution is 0.200. The molecule has 0 saturated carbocycles. The lowest BCUT2D eigenvalue weighted by atomic mass is 10.1. The fourth-order valence-electron chi connectivity index (χ4n) is 2.40. The molecule has 1 aliphatic rings. The van der Waals surface area contributed by atoms with Gasteiger partial charge in [0.25, 0.3) is 0 Å². The van der Waals surface area contributed by atoms with Crippen LogP contribution in [0.3, 0.4) is 0 Å². The van der Waals surface area contributed by atoms with Gasteiger partial charge in [-0.2, -0.15) is 0 Å². The summed E-state index contributed by atoms with van der Waals surface area (Å²) in [4.78, 5) is 14.1. The Morgan fingerprint density at radius 1 is 1.40 bits per heavy atom. The van der Waals surface area contributed by atoms with Gasteiger partial charge >= 0.3 is 6.03 Å². The van der Waals surface area contributed by atoms with E-state index in [2.05, 4.69) is 15.5 Å². The third kappa shape index (κ3) is 4.47. The van der Waals surface area contributed by atoms with Crippen molar-refractivity contribution in [1.29, 1.82) is 0 Å². The summed E-state index contributed by atoms with van der Waals surface area (Å²) in [6.07, 6.45) is 1.83. The van der Waals surface area contributed by atoms with Crippen LogP contribution in [-0.2, 0) is 0 Å². The van der Waals surface area contributed by atoms with Gasteiger partial charge in [0.2, 0.25) is 0 Å². The second-order valence-corrected chi connectivity index (χ2v) is 5.01. The van der Waals surface area contributed by atoms with Gasteiger partial charge in [-0.3, -0.25) is 0 Å². The number of amides is 2. The minimum Gasteiger partial charge on any atom is -0.335 e. The maximum Gasteiger partial charge on any atom is 0.319 e. The van der Waals surface area contributed by atoms with E-state index in [4.69, 9.17) is 5.73 Å². The normalized spacial score (nSPS) is 16.9. The molecule has 0 aromatic heterocycles. The SMILES string of the molecule is NCCN1CCC(NC(=O)Nc2cccc(F)c2)CC1. The van der Waals surface area contributed by atoms with Crippen LogP contribution >= 0.6 is 0 Å². The van der Waals surface area contributed by atoms with E-state index < -0.39 is 0 Å². The highest BCUT2D eigenvalue weighted by molar-refractivity contribution is 5.89.